The molecule has 13 nitrogen and oxygen atoms in total. The van der Waals surface area contributed by atoms with Crippen LogP contribution >= 0.6 is 0 Å². The van der Waals surface area contributed by atoms with Crippen molar-refractivity contribution in [3.63, 3.8) is 0 Å². The van der Waals surface area contributed by atoms with E-state index >= 15 is 0 Å². The Kier molecular flexibility index (Phi) is 7.51. The van der Waals surface area contributed by atoms with Crippen molar-refractivity contribution in [3.05, 3.63) is 71.4 Å². The summed E-state index contributed by atoms with van der Waals surface area (Å²) in [6, 6.07) is 14.7. The van der Waals surface area contributed by atoms with E-state index in [4.69, 9.17) is 37.9 Å². The van der Waals surface area contributed by atoms with Gasteiger partial charge in [0.2, 0.25) is 12.5 Å². The lowest BCUT2D eigenvalue weighted by Gasteiger charge is -2.38. The lowest BCUT2D eigenvalue weighted by atomic mass is 9.66. The maximum Gasteiger partial charge on any atom is 0.328 e. The normalized spacial score (nSPS) is 20.7. The summed E-state index contributed by atoms with van der Waals surface area (Å²) in [5.41, 5.74) is 3.57. The zero-order valence-corrected chi connectivity index (χ0v) is 25.6. The van der Waals surface area contributed by atoms with E-state index in [-0.39, 0.29) is 19.9 Å². The van der Waals surface area contributed by atoms with Crippen molar-refractivity contribution in [2.75, 3.05) is 41.8 Å². The Labute approximate surface area is 263 Å². The lowest BCUT2D eigenvalue weighted by molar-refractivity contribution is -0.155. The number of carbonyl (C=O) groups is 2. The molecule has 4 aromatic rings. The Bertz CT molecular complexity index is 1780. The van der Waals surface area contributed by atoms with Crippen molar-refractivity contribution >= 4 is 11.9 Å². The third-order valence-electron chi connectivity index (χ3n) is 8.64. The standard InChI is InChI=1S/C33H31N3O10/c1-39-19-7-5-17(6-8-19)23-13-36(35-34-23)14-28(37)46-31-21-12-25-24(44-16-45-25)11-20(21)29(30-22(31)15-43-33(30)38)18-9-26(40-2)32(42-4)27(10-18)41-3/h5-13,22,29-31H,14-16H2,1-4H3/t22-,29+,30-,31-/m0/s1. The maximum atomic E-state index is 13.5. The molecule has 3 heterocycles. The molecule has 7 rings (SSSR count). The minimum atomic E-state index is -0.809. The number of benzene rings is 3. The fourth-order valence-corrected chi connectivity index (χ4v) is 6.52. The van der Waals surface area contributed by atoms with Crippen LogP contribution < -0.4 is 28.4 Å². The Morgan fingerprint density at radius 3 is 2.24 bits per heavy atom. The zero-order valence-electron chi connectivity index (χ0n) is 25.6. The smallest absolute Gasteiger partial charge is 0.328 e. The second kappa shape index (κ2) is 11.8. The first-order valence-electron chi connectivity index (χ1n) is 14.6. The molecule has 3 aliphatic rings. The van der Waals surface area contributed by atoms with Gasteiger partial charge in [-0.05, 0) is 59.7 Å². The van der Waals surface area contributed by atoms with Crippen molar-refractivity contribution in [3.8, 4) is 45.8 Å². The Morgan fingerprint density at radius 2 is 1.59 bits per heavy atom. The highest BCUT2D eigenvalue weighted by molar-refractivity contribution is 5.79. The van der Waals surface area contributed by atoms with E-state index in [0.29, 0.717) is 40.0 Å². The molecule has 0 unspecified atom stereocenters. The molecule has 238 valence electrons. The van der Waals surface area contributed by atoms with E-state index in [1.54, 1.807) is 13.3 Å². The highest BCUT2D eigenvalue weighted by atomic mass is 16.7. The van der Waals surface area contributed by atoms with Gasteiger partial charge in [0, 0.05) is 23.0 Å². The largest absolute Gasteiger partial charge is 0.497 e. The Hall–Kier alpha value is -5.46. The van der Waals surface area contributed by atoms with Gasteiger partial charge in [-0.25, -0.2) is 4.68 Å². The summed E-state index contributed by atoms with van der Waals surface area (Å²) in [7, 11) is 6.19. The molecular weight excluding hydrogens is 598 g/mol. The highest BCUT2D eigenvalue weighted by Crippen LogP contribution is 2.56. The van der Waals surface area contributed by atoms with Crippen molar-refractivity contribution in [2.45, 2.75) is 18.6 Å². The molecular formula is C33H31N3O10. The molecule has 0 spiro atoms. The third-order valence-corrected chi connectivity index (χ3v) is 8.64. The monoisotopic (exact) mass is 629 g/mol. The minimum absolute atomic E-state index is 0.0508. The van der Waals surface area contributed by atoms with E-state index in [9.17, 15) is 9.59 Å². The van der Waals surface area contributed by atoms with E-state index in [1.807, 2.05) is 48.5 Å². The summed E-state index contributed by atoms with van der Waals surface area (Å²) in [4.78, 5) is 26.9. The average Bonchev–Trinajstić information content (AvgIpc) is 3.83. The van der Waals surface area contributed by atoms with Gasteiger partial charge in [-0.2, -0.15) is 0 Å². The van der Waals surface area contributed by atoms with Gasteiger partial charge < -0.3 is 37.9 Å². The highest BCUT2D eigenvalue weighted by Gasteiger charge is 2.54. The number of hydrogen-bond donors (Lipinski definition) is 0. The predicted molar refractivity (Wildman–Crippen MR) is 159 cm³/mol. The van der Waals surface area contributed by atoms with Crippen LogP contribution in [0.25, 0.3) is 11.3 Å². The summed E-state index contributed by atoms with van der Waals surface area (Å²) < 4.78 is 46.6. The summed E-state index contributed by atoms with van der Waals surface area (Å²) in [5, 5.41) is 8.33. The zero-order chi connectivity index (χ0) is 31.9. The van der Waals surface area contributed by atoms with Gasteiger partial charge in [0.15, 0.2) is 23.0 Å². The van der Waals surface area contributed by atoms with E-state index in [0.717, 1.165) is 22.4 Å². The number of aromatic nitrogens is 3. The van der Waals surface area contributed by atoms with Gasteiger partial charge in [-0.15, -0.1) is 5.10 Å². The summed E-state index contributed by atoms with van der Waals surface area (Å²) in [6.45, 7) is -0.0709. The summed E-state index contributed by atoms with van der Waals surface area (Å²) in [5.74, 6) is 0.460. The number of fused-ring (bicyclic) bond motifs is 3. The van der Waals surface area contributed by atoms with Gasteiger partial charge in [0.05, 0.1) is 47.2 Å². The van der Waals surface area contributed by atoms with Crippen molar-refractivity contribution in [1.29, 1.82) is 0 Å². The first-order valence-corrected chi connectivity index (χ1v) is 14.6. The van der Waals surface area contributed by atoms with E-state index < -0.39 is 35.8 Å². The van der Waals surface area contributed by atoms with Crippen LogP contribution in [0.15, 0.2) is 54.7 Å². The summed E-state index contributed by atoms with van der Waals surface area (Å²) >= 11 is 0. The third kappa shape index (κ3) is 4.97. The number of cyclic esters (lactones) is 1. The van der Waals surface area contributed by atoms with Gasteiger partial charge in [-0.1, -0.05) is 5.21 Å². The second-order valence-electron chi connectivity index (χ2n) is 11.0. The van der Waals surface area contributed by atoms with E-state index in [2.05, 4.69) is 10.3 Å². The topological polar surface area (TPSA) is 139 Å². The molecule has 4 atom stereocenters. The quantitative estimate of drug-likeness (QED) is 0.248. The number of nitrogens with zero attached hydrogens (tertiary/aromatic N) is 3. The average molecular weight is 630 g/mol. The molecule has 2 aliphatic heterocycles. The van der Waals surface area contributed by atoms with Crippen LogP contribution in [0.1, 0.15) is 28.7 Å². The van der Waals surface area contributed by atoms with Crippen LogP contribution in [0.4, 0.5) is 0 Å². The number of ether oxygens (including phenoxy) is 8. The Balaban J connectivity index is 1.24. The van der Waals surface area contributed by atoms with Crippen LogP contribution in [0.5, 0.6) is 34.5 Å². The van der Waals surface area contributed by atoms with Crippen LogP contribution in [-0.2, 0) is 25.6 Å². The Morgan fingerprint density at radius 1 is 0.891 bits per heavy atom. The van der Waals surface area contributed by atoms with Crippen LogP contribution in [0, 0.1) is 11.8 Å². The molecule has 46 heavy (non-hydrogen) atoms. The van der Waals surface area contributed by atoms with E-state index in [1.165, 1.54) is 26.0 Å². The molecule has 1 aromatic heterocycles. The van der Waals surface area contributed by atoms with Gasteiger partial charge >= 0.3 is 11.9 Å². The molecule has 1 fully saturated rings. The molecule has 0 N–H and O–H groups in total. The predicted octanol–water partition coefficient (Wildman–Crippen LogP) is 3.93. The molecule has 0 radical (unpaired) electrons. The van der Waals surface area contributed by atoms with Gasteiger partial charge in [-0.3, -0.25) is 9.59 Å². The molecule has 1 aliphatic carbocycles. The molecule has 0 saturated carbocycles. The fourth-order valence-electron chi connectivity index (χ4n) is 6.52. The molecule has 0 amide bonds. The van der Waals surface area contributed by atoms with Crippen LogP contribution in [0.3, 0.4) is 0 Å². The van der Waals surface area contributed by atoms with Gasteiger partial charge in [0.25, 0.3) is 0 Å². The molecule has 1 saturated heterocycles. The molecule has 3 aromatic carbocycles. The fraction of sp³-hybridized carbons (Fsp3) is 0.333. The second-order valence-corrected chi connectivity index (χ2v) is 11.0. The molecule has 13 heteroatoms. The number of hydrogen-bond acceptors (Lipinski definition) is 12. The van der Waals surface area contributed by atoms with Crippen LogP contribution in [0.2, 0.25) is 0 Å². The molecule has 0 bridgehead atoms. The number of carbonyl (C=O) groups excluding carboxylic acids is 2. The van der Waals surface area contributed by atoms with Gasteiger partial charge in [0.1, 0.15) is 24.1 Å². The van der Waals surface area contributed by atoms with Crippen molar-refractivity contribution < 1.29 is 47.5 Å². The maximum absolute atomic E-state index is 13.5. The SMILES string of the molecule is COc1ccc(-c2cn(CC(=O)O[C@H]3c4cc5c(cc4[C@@H](c4cc(OC)c(OC)c(OC)c4)[C@H]4C(=O)OC[C@@H]43)OCO5)nn2)cc1. The summed E-state index contributed by atoms with van der Waals surface area (Å²) in [6.07, 6.45) is 0.859. The first-order chi connectivity index (χ1) is 22.4. The minimum Gasteiger partial charge on any atom is -0.497 e. The number of rotatable bonds is 9. The number of esters is 2. The van der Waals surface area contributed by atoms with Crippen LogP contribution in [-0.4, -0.2) is 68.8 Å². The van der Waals surface area contributed by atoms with Crippen molar-refractivity contribution in [1.82, 2.24) is 15.0 Å². The first kappa shape index (κ1) is 29.3. The van der Waals surface area contributed by atoms with Crippen molar-refractivity contribution in [2.24, 2.45) is 11.8 Å². The lowest BCUT2D eigenvalue weighted by Crippen LogP contribution is -2.37. The number of methoxy groups -OCH3 is 4.